The van der Waals surface area contributed by atoms with Crippen LogP contribution in [0.5, 0.6) is 0 Å². The van der Waals surface area contributed by atoms with Gasteiger partial charge >= 0.3 is 0 Å². The highest BCUT2D eigenvalue weighted by Crippen LogP contribution is 2.15. The highest BCUT2D eigenvalue weighted by atomic mass is 16.5. The average Bonchev–Trinajstić information content (AvgIpc) is 2.71. The third-order valence-electron chi connectivity index (χ3n) is 4.42. The number of pyridine rings is 2. The fourth-order valence-electron chi connectivity index (χ4n) is 2.81. The fraction of sp³-hybridized carbons (Fsp3) is 0.286. The van der Waals surface area contributed by atoms with Crippen molar-refractivity contribution in [2.75, 3.05) is 39.3 Å². The summed E-state index contributed by atoms with van der Waals surface area (Å²) in [5.41, 5.74) is 2.34. The van der Waals surface area contributed by atoms with Gasteiger partial charge in [-0.3, -0.25) is 9.78 Å². The van der Waals surface area contributed by atoms with Crippen molar-refractivity contribution in [1.82, 2.24) is 14.9 Å². The van der Waals surface area contributed by atoms with Gasteiger partial charge in [0.25, 0.3) is 5.91 Å². The quantitative estimate of drug-likeness (QED) is 0.645. The van der Waals surface area contributed by atoms with Gasteiger partial charge < -0.3 is 14.5 Å². The van der Waals surface area contributed by atoms with Gasteiger partial charge in [0, 0.05) is 39.3 Å². The molecule has 0 saturated carbocycles. The molecule has 0 aliphatic rings. The number of carbonyl (C=O) groups excluding carboxylic acids is 1. The number of hydrogen-bond acceptors (Lipinski definition) is 5. The van der Waals surface area contributed by atoms with Crippen molar-refractivity contribution in [3.8, 4) is 0 Å². The molecule has 27 heavy (non-hydrogen) atoms. The van der Waals surface area contributed by atoms with Gasteiger partial charge in [0.1, 0.15) is 5.82 Å². The summed E-state index contributed by atoms with van der Waals surface area (Å²) in [5, 5.41) is 1.09. The van der Waals surface area contributed by atoms with Crippen LogP contribution in [0.3, 0.4) is 0 Å². The number of amides is 1. The Morgan fingerprint density at radius 3 is 2.63 bits per heavy atom. The number of ether oxygens (including phenoxy) is 1. The summed E-state index contributed by atoms with van der Waals surface area (Å²) < 4.78 is 5.07. The van der Waals surface area contributed by atoms with Gasteiger partial charge in [0.2, 0.25) is 0 Å². The molecular weight excluding hydrogens is 340 g/mol. The smallest absolute Gasteiger partial charge is 0.255 e. The van der Waals surface area contributed by atoms with Gasteiger partial charge in [-0.25, -0.2) is 4.98 Å². The summed E-state index contributed by atoms with van der Waals surface area (Å²) >= 11 is 0. The van der Waals surface area contributed by atoms with Crippen molar-refractivity contribution in [2.24, 2.45) is 0 Å². The molecule has 0 bridgehead atoms. The molecular formula is C21H24N4O2. The summed E-state index contributed by atoms with van der Waals surface area (Å²) in [7, 11) is 5.39. The first-order valence-electron chi connectivity index (χ1n) is 8.85. The number of nitrogens with zero attached hydrogens (tertiary/aromatic N) is 4. The minimum atomic E-state index is -0.0800. The third kappa shape index (κ3) is 4.60. The Kier molecular flexibility index (Phi) is 5.98. The third-order valence-corrected chi connectivity index (χ3v) is 4.42. The number of carbonyl (C=O) groups is 1. The lowest BCUT2D eigenvalue weighted by Gasteiger charge is -2.19. The maximum Gasteiger partial charge on any atom is 0.255 e. The maximum absolute atomic E-state index is 12.7. The normalized spacial score (nSPS) is 10.8. The van der Waals surface area contributed by atoms with E-state index in [2.05, 4.69) is 9.97 Å². The van der Waals surface area contributed by atoms with E-state index in [1.807, 2.05) is 54.4 Å². The highest BCUT2D eigenvalue weighted by Gasteiger charge is 2.14. The molecule has 0 radical (unpaired) electrons. The van der Waals surface area contributed by atoms with Gasteiger partial charge in [-0.15, -0.1) is 0 Å². The number of para-hydroxylation sites is 1. The first-order chi connectivity index (χ1) is 13.1. The zero-order valence-electron chi connectivity index (χ0n) is 15.9. The van der Waals surface area contributed by atoms with Gasteiger partial charge in [-0.2, -0.15) is 0 Å². The molecule has 2 heterocycles. The van der Waals surface area contributed by atoms with E-state index in [-0.39, 0.29) is 5.91 Å². The van der Waals surface area contributed by atoms with Gasteiger partial charge in [0.15, 0.2) is 0 Å². The number of methoxy groups -OCH3 is 1. The van der Waals surface area contributed by atoms with Crippen LogP contribution in [0.2, 0.25) is 0 Å². The number of anilines is 1. The van der Waals surface area contributed by atoms with Crippen LogP contribution in [0.25, 0.3) is 10.9 Å². The van der Waals surface area contributed by atoms with E-state index in [0.717, 1.165) is 29.0 Å². The number of likely N-dealkylation sites (N-methyl/N-ethyl adjacent to an activating group) is 1. The van der Waals surface area contributed by atoms with Crippen LogP contribution < -0.4 is 4.90 Å². The standard InChI is InChI=1S/C21H24N4O2/c1-24(12-13-27-3)20-11-9-17(14-22-20)21(26)25(2)15-18-10-8-16-6-4-5-7-19(16)23-18/h4-11,14H,12-13,15H2,1-3H3. The molecule has 0 saturated heterocycles. The molecule has 1 amide bonds. The van der Waals surface area contributed by atoms with Gasteiger partial charge in [0.05, 0.1) is 29.9 Å². The van der Waals surface area contributed by atoms with Crippen LogP contribution in [0, 0.1) is 0 Å². The Balaban J connectivity index is 1.67. The van der Waals surface area contributed by atoms with Crippen molar-refractivity contribution < 1.29 is 9.53 Å². The minimum absolute atomic E-state index is 0.0800. The summed E-state index contributed by atoms with van der Waals surface area (Å²) in [6.45, 7) is 1.81. The number of fused-ring (bicyclic) bond motifs is 1. The van der Waals surface area contributed by atoms with Gasteiger partial charge in [-0.05, 0) is 24.3 Å². The monoisotopic (exact) mass is 364 g/mol. The first-order valence-corrected chi connectivity index (χ1v) is 8.85. The zero-order chi connectivity index (χ0) is 19.2. The van der Waals surface area contributed by atoms with Gasteiger partial charge in [-0.1, -0.05) is 24.3 Å². The van der Waals surface area contributed by atoms with E-state index in [1.165, 1.54) is 0 Å². The average molecular weight is 364 g/mol. The van der Waals surface area contributed by atoms with E-state index in [9.17, 15) is 4.79 Å². The molecule has 1 aromatic carbocycles. The van der Waals surface area contributed by atoms with E-state index >= 15 is 0 Å². The predicted molar refractivity (Wildman–Crippen MR) is 107 cm³/mol. The SMILES string of the molecule is COCCN(C)c1ccc(C(=O)N(C)Cc2ccc3ccccc3n2)cn1. The molecule has 0 aliphatic carbocycles. The van der Waals surface area contributed by atoms with Crippen molar-refractivity contribution in [3.63, 3.8) is 0 Å². The molecule has 3 rings (SSSR count). The summed E-state index contributed by atoms with van der Waals surface area (Å²) in [4.78, 5) is 25.4. The molecule has 0 atom stereocenters. The van der Waals surface area contributed by atoms with Crippen LogP contribution in [-0.2, 0) is 11.3 Å². The second-order valence-corrected chi connectivity index (χ2v) is 6.48. The largest absolute Gasteiger partial charge is 0.383 e. The van der Waals surface area contributed by atoms with E-state index in [0.29, 0.717) is 18.7 Å². The second-order valence-electron chi connectivity index (χ2n) is 6.48. The lowest BCUT2D eigenvalue weighted by atomic mass is 10.2. The topological polar surface area (TPSA) is 58.6 Å². The molecule has 6 nitrogen and oxygen atoms in total. The Hall–Kier alpha value is -2.99. The lowest BCUT2D eigenvalue weighted by molar-refractivity contribution is 0.0783. The molecule has 0 fully saturated rings. The Morgan fingerprint density at radius 2 is 1.89 bits per heavy atom. The molecule has 0 N–H and O–H groups in total. The predicted octanol–water partition coefficient (Wildman–Crippen LogP) is 2.98. The van der Waals surface area contributed by atoms with Crippen molar-refractivity contribution in [3.05, 3.63) is 66.0 Å². The highest BCUT2D eigenvalue weighted by molar-refractivity contribution is 5.93. The summed E-state index contributed by atoms with van der Waals surface area (Å²) in [6, 6.07) is 15.6. The first kappa shape index (κ1) is 18.8. The zero-order valence-corrected chi connectivity index (χ0v) is 15.9. The van der Waals surface area contributed by atoms with Crippen molar-refractivity contribution in [1.29, 1.82) is 0 Å². The molecule has 0 aliphatic heterocycles. The fourth-order valence-corrected chi connectivity index (χ4v) is 2.81. The Morgan fingerprint density at radius 1 is 1.07 bits per heavy atom. The van der Waals surface area contributed by atoms with Crippen LogP contribution in [-0.4, -0.2) is 55.1 Å². The molecule has 2 aromatic heterocycles. The number of rotatable bonds is 7. The van der Waals surface area contributed by atoms with Crippen molar-refractivity contribution >= 4 is 22.6 Å². The maximum atomic E-state index is 12.7. The molecule has 0 spiro atoms. The van der Waals surface area contributed by atoms with Crippen LogP contribution in [0.4, 0.5) is 5.82 Å². The van der Waals surface area contributed by atoms with Crippen LogP contribution in [0.1, 0.15) is 16.1 Å². The molecule has 140 valence electrons. The minimum Gasteiger partial charge on any atom is -0.383 e. The Labute approximate surface area is 159 Å². The number of benzene rings is 1. The van der Waals surface area contributed by atoms with Crippen LogP contribution in [0.15, 0.2) is 54.7 Å². The lowest BCUT2D eigenvalue weighted by Crippen LogP contribution is -2.27. The van der Waals surface area contributed by atoms with Crippen LogP contribution >= 0.6 is 0 Å². The summed E-state index contributed by atoms with van der Waals surface area (Å²) in [5.74, 6) is 0.728. The second kappa shape index (κ2) is 8.60. The van der Waals surface area contributed by atoms with Crippen molar-refractivity contribution in [2.45, 2.75) is 6.54 Å². The number of hydrogen-bond donors (Lipinski definition) is 0. The van der Waals surface area contributed by atoms with E-state index < -0.39 is 0 Å². The van der Waals surface area contributed by atoms with E-state index in [4.69, 9.17) is 4.74 Å². The molecule has 0 unspecified atom stereocenters. The molecule has 6 heteroatoms. The Bertz CT molecular complexity index is 911. The number of aromatic nitrogens is 2. The molecule has 3 aromatic rings. The van der Waals surface area contributed by atoms with E-state index in [1.54, 1.807) is 31.3 Å². The summed E-state index contributed by atoms with van der Waals surface area (Å²) in [6.07, 6.45) is 1.62.